The highest BCUT2D eigenvalue weighted by molar-refractivity contribution is 6.06. The maximum absolute atomic E-state index is 13.0. The van der Waals surface area contributed by atoms with Crippen molar-refractivity contribution in [1.82, 2.24) is 16.0 Å². The van der Waals surface area contributed by atoms with Gasteiger partial charge in [0.2, 0.25) is 5.91 Å². The number of aryl methyl sites for hydroxylation is 2. The zero-order valence-electron chi connectivity index (χ0n) is 16.1. The van der Waals surface area contributed by atoms with Gasteiger partial charge in [-0.15, -0.1) is 0 Å². The Bertz CT molecular complexity index is 938. The highest BCUT2D eigenvalue weighted by Gasteiger charge is 2.32. The van der Waals surface area contributed by atoms with E-state index in [-0.39, 0.29) is 6.42 Å². The van der Waals surface area contributed by atoms with E-state index in [1.807, 2.05) is 38.1 Å². The molecule has 150 valence electrons. The van der Waals surface area contributed by atoms with Gasteiger partial charge in [-0.25, -0.2) is 4.79 Å². The molecule has 3 rings (SSSR count). The van der Waals surface area contributed by atoms with Crippen molar-refractivity contribution in [3.05, 3.63) is 65.2 Å². The lowest BCUT2D eigenvalue weighted by Gasteiger charge is -2.21. The summed E-state index contributed by atoms with van der Waals surface area (Å²) in [5.41, 5.74) is 3.10. The molecular weight excluding hydrogens is 372 g/mol. The molecule has 0 spiro atoms. The molecule has 1 aliphatic rings. The van der Waals surface area contributed by atoms with Crippen LogP contribution in [0.2, 0.25) is 0 Å². The summed E-state index contributed by atoms with van der Waals surface area (Å²) in [6.45, 7) is 3.78. The van der Waals surface area contributed by atoms with Crippen molar-refractivity contribution in [2.75, 3.05) is 5.32 Å². The quantitative estimate of drug-likeness (QED) is 0.558. The van der Waals surface area contributed by atoms with Gasteiger partial charge in [0.05, 0.1) is 6.42 Å². The Morgan fingerprint density at radius 3 is 2.24 bits per heavy atom. The molecule has 8 nitrogen and oxygen atoms in total. The van der Waals surface area contributed by atoms with Crippen LogP contribution in [0.3, 0.4) is 0 Å². The molecule has 1 aliphatic heterocycles. The van der Waals surface area contributed by atoms with Crippen molar-refractivity contribution < 1.29 is 19.2 Å². The molecule has 0 radical (unpaired) electrons. The van der Waals surface area contributed by atoms with Crippen LogP contribution >= 0.6 is 0 Å². The van der Waals surface area contributed by atoms with Gasteiger partial charge in [-0.1, -0.05) is 48.5 Å². The van der Waals surface area contributed by atoms with E-state index in [2.05, 4.69) is 21.3 Å². The predicted octanol–water partition coefficient (Wildman–Crippen LogP) is 1.70. The summed E-state index contributed by atoms with van der Waals surface area (Å²) < 4.78 is 0. The van der Waals surface area contributed by atoms with Crippen molar-refractivity contribution >= 4 is 29.4 Å². The molecule has 0 aliphatic carbocycles. The van der Waals surface area contributed by atoms with Crippen LogP contribution in [-0.2, 0) is 14.4 Å². The zero-order valence-corrected chi connectivity index (χ0v) is 16.1. The Balaban J connectivity index is 1.78. The molecule has 0 aromatic heterocycles. The average molecular weight is 394 g/mol. The minimum Gasteiger partial charge on any atom is -0.340 e. The van der Waals surface area contributed by atoms with Gasteiger partial charge in [0.1, 0.15) is 12.1 Å². The fourth-order valence-corrected chi connectivity index (χ4v) is 3.16. The van der Waals surface area contributed by atoms with E-state index in [4.69, 9.17) is 0 Å². The number of hydrogen-bond acceptors (Lipinski definition) is 4. The molecule has 1 heterocycles. The lowest BCUT2D eigenvalue weighted by molar-refractivity contribution is -0.129. The molecule has 0 saturated carbocycles. The second-order valence-corrected chi connectivity index (χ2v) is 6.89. The molecule has 2 aromatic carbocycles. The second-order valence-electron chi connectivity index (χ2n) is 6.89. The van der Waals surface area contributed by atoms with E-state index < -0.39 is 35.8 Å². The number of amides is 5. The highest BCUT2D eigenvalue weighted by atomic mass is 16.2. The van der Waals surface area contributed by atoms with Crippen molar-refractivity contribution in [3.8, 4) is 0 Å². The number of nitrogens with one attached hydrogen (secondary N) is 4. The number of hydrogen-bond donors (Lipinski definition) is 4. The van der Waals surface area contributed by atoms with Crippen LogP contribution in [0.15, 0.2) is 48.5 Å². The normalized spacial score (nSPS) is 16.6. The van der Waals surface area contributed by atoms with Crippen molar-refractivity contribution in [2.45, 2.75) is 32.4 Å². The Labute approximate surface area is 168 Å². The Kier molecular flexibility index (Phi) is 5.92. The summed E-state index contributed by atoms with van der Waals surface area (Å²) in [6.07, 6.45) is -0.266. The van der Waals surface area contributed by atoms with E-state index >= 15 is 0 Å². The third kappa shape index (κ3) is 4.78. The monoisotopic (exact) mass is 394 g/mol. The van der Waals surface area contributed by atoms with E-state index in [0.717, 1.165) is 11.1 Å². The molecule has 1 saturated heterocycles. The fourth-order valence-electron chi connectivity index (χ4n) is 3.16. The Morgan fingerprint density at radius 2 is 1.66 bits per heavy atom. The fraction of sp³-hybridized carbons (Fsp3) is 0.238. The molecule has 1 fully saturated rings. The van der Waals surface area contributed by atoms with E-state index in [9.17, 15) is 19.2 Å². The molecule has 0 bridgehead atoms. The number of para-hydroxylation sites is 1. The maximum Gasteiger partial charge on any atom is 0.322 e. The van der Waals surface area contributed by atoms with Gasteiger partial charge in [-0.3, -0.25) is 19.7 Å². The third-order valence-corrected chi connectivity index (χ3v) is 4.68. The predicted molar refractivity (Wildman–Crippen MR) is 107 cm³/mol. The molecule has 4 N–H and O–H groups in total. The zero-order chi connectivity index (χ0) is 21.0. The van der Waals surface area contributed by atoms with Gasteiger partial charge < -0.3 is 16.0 Å². The maximum atomic E-state index is 13.0. The summed E-state index contributed by atoms with van der Waals surface area (Å²) in [5.74, 6) is -1.50. The molecule has 5 amide bonds. The number of carbonyl (C=O) groups is 4. The summed E-state index contributed by atoms with van der Waals surface area (Å²) in [4.78, 5) is 48.4. The van der Waals surface area contributed by atoms with Crippen LogP contribution in [0.4, 0.5) is 10.5 Å². The molecular formula is C21H22N4O4. The van der Waals surface area contributed by atoms with Crippen LogP contribution in [0, 0.1) is 13.8 Å². The summed E-state index contributed by atoms with van der Waals surface area (Å²) in [7, 11) is 0. The van der Waals surface area contributed by atoms with E-state index in [0.29, 0.717) is 11.3 Å². The van der Waals surface area contributed by atoms with Gasteiger partial charge in [0.15, 0.2) is 0 Å². The van der Waals surface area contributed by atoms with Crippen LogP contribution < -0.4 is 21.3 Å². The second kappa shape index (κ2) is 8.55. The number of anilines is 1. The SMILES string of the molecule is Cc1cccc(C)c1NC(=O)C(NC(=O)CC1NC(=O)NC1=O)c1ccccc1. The first-order valence-electron chi connectivity index (χ1n) is 9.18. The number of benzene rings is 2. The van der Waals surface area contributed by atoms with Crippen molar-refractivity contribution in [1.29, 1.82) is 0 Å². The van der Waals surface area contributed by atoms with Crippen molar-refractivity contribution in [2.24, 2.45) is 0 Å². The number of imide groups is 1. The van der Waals surface area contributed by atoms with Crippen LogP contribution in [0.1, 0.15) is 29.2 Å². The molecule has 2 aromatic rings. The van der Waals surface area contributed by atoms with E-state index in [1.165, 1.54) is 0 Å². The lowest BCUT2D eigenvalue weighted by Crippen LogP contribution is -2.41. The number of urea groups is 1. The number of carbonyl (C=O) groups excluding carboxylic acids is 4. The van der Waals surface area contributed by atoms with Gasteiger partial charge in [-0.2, -0.15) is 0 Å². The summed E-state index contributed by atoms with van der Waals surface area (Å²) >= 11 is 0. The first-order chi connectivity index (χ1) is 13.8. The molecule has 29 heavy (non-hydrogen) atoms. The van der Waals surface area contributed by atoms with Crippen LogP contribution in [0.25, 0.3) is 0 Å². The Hall–Kier alpha value is -3.68. The standard InChI is InChI=1S/C21H22N4O4/c1-12-7-6-8-13(2)17(12)24-20(28)18(14-9-4-3-5-10-14)23-16(26)11-15-19(27)25-21(29)22-15/h3-10,15,18H,11H2,1-2H3,(H,23,26)(H,24,28)(H2,22,25,27,29). The topological polar surface area (TPSA) is 116 Å². The first-order valence-corrected chi connectivity index (χ1v) is 9.18. The summed E-state index contributed by atoms with van der Waals surface area (Å²) in [6, 6.07) is 11.9. The van der Waals surface area contributed by atoms with Gasteiger partial charge >= 0.3 is 6.03 Å². The highest BCUT2D eigenvalue weighted by Crippen LogP contribution is 2.22. The minimum atomic E-state index is -0.958. The van der Waals surface area contributed by atoms with Crippen LogP contribution in [0.5, 0.6) is 0 Å². The van der Waals surface area contributed by atoms with Crippen molar-refractivity contribution in [3.63, 3.8) is 0 Å². The molecule has 8 heteroatoms. The minimum absolute atomic E-state index is 0.266. The Morgan fingerprint density at radius 1 is 1.00 bits per heavy atom. The van der Waals surface area contributed by atoms with Gasteiger partial charge in [0, 0.05) is 5.69 Å². The molecule has 2 atom stereocenters. The van der Waals surface area contributed by atoms with Gasteiger partial charge in [0.25, 0.3) is 11.8 Å². The van der Waals surface area contributed by atoms with E-state index in [1.54, 1.807) is 24.3 Å². The average Bonchev–Trinajstić information content (AvgIpc) is 3.00. The van der Waals surface area contributed by atoms with Crippen LogP contribution in [-0.4, -0.2) is 29.8 Å². The first kappa shape index (κ1) is 20.1. The largest absolute Gasteiger partial charge is 0.340 e. The third-order valence-electron chi connectivity index (χ3n) is 4.68. The number of rotatable bonds is 6. The summed E-state index contributed by atoms with van der Waals surface area (Å²) in [5, 5.41) is 10.0. The lowest BCUT2D eigenvalue weighted by atomic mass is 10.0. The molecule has 2 unspecified atom stereocenters. The van der Waals surface area contributed by atoms with Gasteiger partial charge in [-0.05, 0) is 30.5 Å². The smallest absolute Gasteiger partial charge is 0.322 e.